The molecule has 0 radical (unpaired) electrons. The molecule has 2 heterocycles. The van der Waals surface area contributed by atoms with Crippen LogP contribution >= 0.6 is 0 Å². The van der Waals surface area contributed by atoms with E-state index >= 15 is 0 Å². The molecule has 1 aromatic carbocycles. The molecule has 3 rings (SSSR count). The van der Waals surface area contributed by atoms with E-state index < -0.39 is 17.6 Å². The van der Waals surface area contributed by atoms with Gasteiger partial charge in [0.15, 0.2) is 0 Å². The number of Topliss-reactive ketones (excluding diaryl/α,β-unsaturated/α-hetero) is 1. The Labute approximate surface area is 164 Å². The summed E-state index contributed by atoms with van der Waals surface area (Å²) in [4.78, 5) is 37.1. The van der Waals surface area contributed by atoms with Gasteiger partial charge in [0.25, 0.3) is 0 Å². The Morgan fingerprint density at radius 2 is 1.96 bits per heavy atom. The van der Waals surface area contributed by atoms with Crippen LogP contribution in [0.4, 0.5) is 0 Å². The van der Waals surface area contributed by atoms with Crippen LogP contribution in [-0.4, -0.2) is 52.7 Å². The highest BCUT2D eigenvalue weighted by molar-refractivity contribution is 6.43. The number of fused-ring (bicyclic) bond motifs is 1. The van der Waals surface area contributed by atoms with Crippen molar-refractivity contribution >= 4 is 17.5 Å². The molecule has 0 saturated carbocycles. The van der Waals surface area contributed by atoms with Gasteiger partial charge in [0.05, 0.1) is 12.5 Å². The van der Waals surface area contributed by atoms with Crippen molar-refractivity contribution in [2.45, 2.75) is 52.7 Å². The molecule has 2 unspecified atom stereocenters. The van der Waals surface area contributed by atoms with Gasteiger partial charge in [-0.2, -0.15) is 0 Å². The maximum atomic E-state index is 12.3. The molecule has 0 spiro atoms. The number of amides is 1. The molecule has 2 aliphatic heterocycles. The number of phenolic OH excluding ortho intramolecular Hbond substituents is 1. The molecule has 0 aliphatic carbocycles. The van der Waals surface area contributed by atoms with Crippen molar-refractivity contribution in [3.05, 3.63) is 34.5 Å². The third-order valence-corrected chi connectivity index (χ3v) is 5.70. The van der Waals surface area contributed by atoms with Crippen LogP contribution in [-0.2, 0) is 20.8 Å². The molecule has 150 valence electrons. The van der Waals surface area contributed by atoms with Gasteiger partial charge in [0, 0.05) is 37.3 Å². The number of ether oxygens (including phenoxy) is 1. The summed E-state index contributed by atoms with van der Waals surface area (Å²) in [5.41, 5.74) is 3.49. The third kappa shape index (κ3) is 3.61. The second-order valence-corrected chi connectivity index (χ2v) is 7.49. The van der Waals surface area contributed by atoms with Gasteiger partial charge in [-0.15, -0.1) is 0 Å². The molecule has 2 atom stereocenters. The van der Waals surface area contributed by atoms with Gasteiger partial charge in [-0.3, -0.25) is 14.4 Å². The SMILES string of the molecule is Cc1c(C)c2c(c(C)c1O)CC(CC(=O)NCCN1C=CC(=O)C(=O)C1C)O2. The molecule has 28 heavy (non-hydrogen) atoms. The topological polar surface area (TPSA) is 95.9 Å². The summed E-state index contributed by atoms with van der Waals surface area (Å²) in [6.07, 6.45) is 3.40. The number of hydrogen-bond donors (Lipinski definition) is 2. The Bertz CT molecular complexity index is 837. The largest absolute Gasteiger partial charge is 0.507 e. The van der Waals surface area contributed by atoms with E-state index in [9.17, 15) is 19.5 Å². The molecule has 2 aliphatic rings. The number of rotatable bonds is 5. The summed E-state index contributed by atoms with van der Waals surface area (Å²) in [7, 11) is 0. The van der Waals surface area contributed by atoms with E-state index in [1.54, 1.807) is 18.0 Å². The van der Waals surface area contributed by atoms with Gasteiger partial charge in [-0.1, -0.05) is 0 Å². The van der Waals surface area contributed by atoms with Crippen LogP contribution in [0.5, 0.6) is 11.5 Å². The van der Waals surface area contributed by atoms with Crippen molar-refractivity contribution in [2.75, 3.05) is 13.1 Å². The monoisotopic (exact) mass is 386 g/mol. The summed E-state index contributed by atoms with van der Waals surface area (Å²) in [6.45, 7) is 8.12. The highest BCUT2D eigenvalue weighted by atomic mass is 16.5. The molecular formula is C21H26N2O5. The minimum absolute atomic E-state index is 0.134. The van der Waals surface area contributed by atoms with Gasteiger partial charge >= 0.3 is 0 Å². The summed E-state index contributed by atoms with van der Waals surface area (Å²) in [5.74, 6) is 0.0145. The number of ketones is 2. The maximum absolute atomic E-state index is 12.3. The second-order valence-electron chi connectivity index (χ2n) is 7.49. The zero-order valence-electron chi connectivity index (χ0n) is 16.7. The van der Waals surface area contributed by atoms with Gasteiger partial charge in [0.1, 0.15) is 17.6 Å². The lowest BCUT2D eigenvalue weighted by Gasteiger charge is -2.28. The quantitative estimate of drug-likeness (QED) is 0.745. The molecule has 2 N–H and O–H groups in total. The molecule has 0 bridgehead atoms. The van der Waals surface area contributed by atoms with Crippen LogP contribution in [0.15, 0.2) is 12.3 Å². The zero-order chi connectivity index (χ0) is 20.6. The average molecular weight is 386 g/mol. The van der Waals surface area contributed by atoms with E-state index in [4.69, 9.17) is 4.74 Å². The van der Waals surface area contributed by atoms with Crippen LogP contribution in [0.25, 0.3) is 0 Å². The van der Waals surface area contributed by atoms with Crippen molar-refractivity contribution in [2.24, 2.45) is 0 Å². The predicted molar refractivity (Wildman–Crippen MR) is 103 cm³/mol. The molecule has 1 aromatic rings. The minimum Gasteiger partial charge on any atom is -0.507 e. The molecule has 0 aromatic heterocycles. The second kappa shape index (κ2) is 7.66. The normalized spacial score (nSPS) is 20.9. The lowest BCUT2D eigenvalue weighted by Crippen LogP contribution is -2.45. The van der Waals surface area contributed by atoms with Crippen molar-refractivity contribution in [3.8, 4) is 11.5 Å². The number of nitrogens with zero attached hydrogens (tertiary/aromatic N) is 1. The summed E-state index contributed by atoms with van der Waals surface area (Å²) in [5, 5.41) is 13.1. The Morgan fingerprint density at radius 1 is 1.25 bits per heavy atom. The molecule has 7 heteroatoms. The van der Waals surface area contributed by atoms with Crippen LogP contribution in [0.3, 0.4) is 0 Å². The van der Waals surface area contributed by atoms with Crippen molar-refractivity contribution in [1.82, 2.24) is 10.2 Å². The fourth-order valence-electron chi connectivity index (χ4n) is 3.73. The van der Waals surface area contributed by atoms with E-state index in [0.717, 1.165) is 28.0 Å². The number of phenols is 1. The van der Waals surface area contributed by atoms with Gasteiger partial charge in [-0.05, 0) is 44.4 Å². The Morgan fingerprint density at radius 3 is 2.68 bits per heavy atom. The van der Waals surface area contributed by atoms with Crippen LogP contribution in [0.1, 0.15) is 35.6 Å². The lowest BCUT2D eigenvalue weighted by molar-refractivity contribution is -0.137. The number of benzene rings is 1. The highest BCUT2D eigenvalue weighted by Crippen LogP contribution is 2.42. The number of nitrogens with one attached hydrogen (secondary N) is 1. The van der Waals surface area contributed by atoms with E-state index in [1.165, 1.54) is 6.08 Å². The molecule has 7 nitrogen and oxygen atoms in total. The lowest BCUT2D eigenvalue weighted by atomic mass is 9.95. The Kier molecular flexibility index (Phi) is 5.45. The number of allylic oxidation sites excluding steroid dienone is 1. The third-order valence-electron chi connectivity index (χ3n) is 5.70. The summed E-state index contributed by atoms with van der Waals surface area (Å²) >= 11 is 0. The standard InChI is InChI=1S/C21H26N2O5/c1-11-12(2)21-16(13(3)19(11)26)9-15(28-21)10-18(25)22-6-8-23-7-5-17(24)20(27)14(23)4/h5,7,14-15,26H,6,8-10H2,1-4H3,(H,22,25). The Hall–Kier alpha value is -2.83. The summed E-state index contributed by atoms with van der Waals surface area (Å²) in [6, 6.07) is -0.510. The smallest absolute Gasteiger partial charge is 0.225 e. The summed E-state index contributed by atoms with van der Waals surface area (Å²) < 4.78 is 5.99. The first-order chi connectivity index (χ1) is 13.2. The van der Waals surface area contributed by atoms with Crippen molar-refractivity contribution < 1.29 is 24.2 Å². The molecule has 0 fully saturated rings. The Balaban J connectivity index is 1.52. The fraction of sp³-hybridized carbons (Fsp3) is 0.476. The minimum atomic E-state index is -0.510. The van der Waals surface area contributed by atoms with Crippen LogP contribution in [0.2, 0.25) is 0 Å². The zero-order valence-corrected chi connectivity index (χ0v) is 16.7. The number of carbonyl (C=O) groups excluding carboxylic acids is 3. The van der Waals surface area contributed by atoms with Crippen LogP contribution < -0.4 is 10.1 Å². The van der Waals surface area contributed by atoms with E-state index in [0.29, 0.717) is 25.3 Å². The number of carbonyl (C=O) groups is 3. The van der Waals surface area contributed by atoms with Gasteiger partial charge < -0.3 is 20.1 Å². The fourth-order valence-corrected chi connectivity index (χ4v) is 3.73. The predicted octanol–water partition coefficient (Wildman–Crippen LogP) is 1.48. The molecular weight excluding hydrogens is 360 g/mol. The molecule has 0 saturated heterocycles. The van der Waals surface area contributed by atoms with E-state index in [-0.39, 0.29) is 18.4 Å². The highest BCUT2D eigenvalue weighted by Gasteiger charge is 2.31. The van der Waals surface area contributed by atoms with E-state index in [2.05, 4.69) is 5.32 Å². The first-order valence-corrected chi connectivity index (χ1v) is 9.47. The molecule has 1 amide bonds. The van der Waals surface area contributed by atoms with Gasteiger partial charge in [-0.25, -0.2) is 0 Å². The van der Waals surface area contributed by atoms with E-state index in [1.807, 2.05) is 20.8 Å². The first-order valence-electron chi connectivity index (χ1n) is 9.47. The number of aromatic hydroxyl groups is 1. The average Bonchev–Trinajstić information content (AvgIpc) is 3.08. The maximum Gasteiger partial charge on any atom is 0.225 e. The van der Waals surface area contributed by atoms with Crippen LogP contribution in [0, 0.1) is 20.8 Å². The van der Waals surface area contributed by atoms with Crippen molar-refractivity contribution in [1.29, 1.82) is 0 Å². The van der Waals surface area contributed by atoms with Crippen molar-refractivity contribution in [3.63, 3.8) is 0 Å². The number of hydrogen-bond acceptors (Lipinski definition) is 6. The van der Waals surface area contributed by atoms with Gasteiger partial charge in [0.2, 0.25) is 17.5 Å². The first kappa shape index (κ1) is 19.9.